The third kappa shape index (κ3) is 3.23. The summed E-state index contributed by atoms with van der Waals surface area (Å²) < 4.78 is 35.7. The molecule has 1 aromatic rings. The molecule has 0 radical (unpaired) electrons. The Kier molecular flexibility index (Phi) is 3.28. The zero-order chi connectivity index (χ0) is 11.5. The molecule has 1 aromatic heterocycles. The molecule has 0 aliphatic heterocycles. The lowest BCUT2D eigenvalue weighted by Gasteiger charge is -2.15. The van der Waals surface area contributed by atoms with E-state index in [0.29, 0.717) is 5.56 Å². The van der Waals surface area contributed by atoms with Gasteiger partial charge in [0.2, 0.25) is 0 Å². The van der Waals surface area contributed by atoms with Gasteiger partial charge in [0.25, 0.3) is 0 Å². The highest BCUT2D eigenvalue weighted by Crippen LogP contribution is 2.17. The molecule has 0 aromatic carbocycles. The second-order valence-electron chi connectivity index (χ2n) is 2.97. The van der Waals surface area contributed by atoms with E-state index in [2.05, 4.69) is 4.98 Å². The van der Waals surface area contributed by atoms with E-state index >= 15 is 0 Å². The molecule has 82 valence electrons. The summed E-state index contributed by atoms with van der Waals surface area (Å²) in [7, 11) is 0. The highest BCUT2D eigenvalue weighted by Gasteiger charge is 2.39. The lowest BCUT2D eigenvalue weighted by atomic mass is 10.1. The summed E-state index contributed by atoms with van der Waals surface area (Å²) in [6, 6.07) is 2.39. The Labute approximate surface area is 84.3 Å². The summed E-state index contributed by atoms with van der Waals surface area (Å²) in [5.74, 6) is -1.94. The highest BCUT2D eigenvalue weighted by atomic mass is 19.4. The van der Waals surface area contributed by atoms with Gasteiger partial charge in [-0.1, -0.05) is 0 Å². The first-order chi connectivity index (χ1) is 6.91. The van der Waals surface area contributed by atoms with Gasteiger partial charge in [-0.05, 0) is 24.6 Å². The van der Waals surface area contributed by atoms with Crippen molar-refractivity contribution in [2.75, 3.05) is 0 Å². The first-order valence-corrected chi connectivity index (χ1v) is 4.19. The lowest BCUT2D eigenvalue weighted by Crippen LogP contribution is -2.38. The molecule has 15 heavy (non-hydrogen) atoms. The molecule has 0 unspecified atom stereocenters. The van der Waals surface area contributed by atoms with Gasteiger partial charge in [-0.2, -0.15) is 13.2 Å². The van der Waals surface area contributed by atoms with Crippen LogP contribution in [0.2, 0.25) is 0 Å². The summed E-state index contributed by atoms with van der Waals surface area (Å²) in [6.07, 6.45) is -1.95. The van der Waals surface area contributed by atoms with Crippen LogP contribution in [-0.2, 0) is 4.79 Å². The third-order valence-corrected chi connectivity index (χ3v) is 1.81. The number of halogens is 3. The minimum atomic E-state index is -4.85. The van der Waals surface area contributed by atoms with Crippen LogP contribution in [0.25, 0.3) is 0 Å². The summed E-state index contributed by atoms with van der Waals surface area (Å²) in [5.41, 5.74) is 0.572. The van der Waals surface area contributed by atoms with Gasteiger partial charge in [-0.15, -0.1) is 0 Å². The number of hydrogen-bond donors (Lipinski definition) is 1. The van der Waals surface area contributed by atoms with Crippen LogP contribution in [0.5, 0.6) is 0 Å². The van der Waals surface area contributed by atoms with Gasteiger partial charge in [0, 0.05) is 12.4 Å². The van der Waals surface area contributed by atoms with E-state index in [1.54, 1.807) is 12.1 Å². The third-order valence-electron chi connectivity index (χ3n) is 1.81. The first kappa shape index (κ1) is 11.5. The summed E-state index contributed by atoms with van der Waals surface area (Å²) >= 11 is 0. The average Bonchev–Trinajstić information content (AvgIpc) is 2.17. The Bertz CT molecular complexity index is 337. The summed E-state index contributed by atoms with van der Waals surface area (Å²) in [5, 5.41) is 1.84. The normalized spacial score (nSPS) is 13.3. The van der Waals surface area contributed by atoms with Crippen molar-refractivity contribution in [3.05, 3.63) is 30.1 Å². The van der Waals surface area contributed by atoms with Crippen LogP contribution in [-0.4, -0.2) is 17.1 Å². The fourth-order valence-corrected chi connectivity index (χ4v) is 1.01. The monoisotopic (exact) mass is 218 g/mol. The van der Waals surface area contributed by atoms with Crippen molar-refractivity contribution in [3.8, 4) is 0 Å². The van der Waals surface area contributed by atoms with Crippen molar-refractivity contribution >= 4 is 5.91 Å². The molecular weight excluding hydrogens is 209 g/mol. The Balaban J connectivity index is 2.65. The van der Waals surface area contributed by atoms with Crippen molar-refractivity contribution in [3.63, 3.8) is 0 Å². The molecule has 3 nitrogen and oxygen atoms in total. The topological polar surface area (TPSA) is 42.0 Å². The smallest absolute Gasteiger partial charge is 0.342 e. The second kappa shape index (κ2) is 4.29. The number of carbonyl (C=O) groups excluding carboxylic acids is 1. The van der Waals surface area contributed by atoms with Crippen molar-refractivity contribution in [1.29, 1.82) is 0 Å². The number of nitrogens with zero attached hydrogens (tertiary/aromatic N) is 1. The molecule has 1 N–H and O–H groups in total. The van der Waals surface area contributed by atoms with Crippen LogP contribution < -0.4 is 5.32 Å². The van der Waals surface area contributed by atoms with E-state index in [0.717, 1.165) is 0 Å². The number of carbonyl (C=O) groups is 1. The minimum Gasteiger partial charge on any atom is -0.342 e. The van der Waals surface area contributed by atoms with Crippen molar-refractivity contribution in [1.82, 2.24) is 10.3 Å². The van der Waals surface area contributed by atoms with E-state index in [9.17, 15) is 18.0 Å². The molecule has 6 heteroatoms. The van der Waals surface area contributed by atoms with Gasteiger partial charge in [-0.25, -0.2) is 0 Å². The number of pyridine rings is 1. The zero-order valence-corrected chi connectivity index (χ0v) is 7.88. The van der Waals surface area contributed by atoms with Gasteiger partial charge in [0.1, 0.15) is 0 Å². The maximum atomic E-state index is 11.9. The van der Waals surface area contributed by atoms with Crippen molar-refractivity contribution in [2.45, 2.75) is 19.1 Å². The molecule has 0 aliphatic rings. The number of amides is 1. The van der Waals surface area contributed by atoms with Crippen LogP contribution in [0.4, 0.5) is 13.2 Å². The summed E-state index contributed by atoms with van der Waals surface area (Å²) in [4.78, 5) is 14.3. The lowest BCUT2D eigenvalue weighted by molar-refractivity contribution is -0.174. The van der Waals surface area contributed by atoms with E-state index in [1.807, 2.05) is 5.32 Å². The molecule has 0 aliphatic carbocycles. The number of nitrogens with one attached hydrogen (secondary N) is 1. The van der Waals surface area contributed by atoms with E-state index in [-0.39, 0.29) is 0 Å². The molecule has 0 bridgehead atoms. The summed E-state index contributed by atoms with van der Waals surface area (Å²) in [6.45, 7) is 1.47. The molecule has 0 fully saturated rings. The Morgan fingerprint density at radius 1 is 1.40 bits per heavy atom. The molecule has 1 rings (SSSR count). The van der Waals surface area contributed by atoms with Gasteiger partial charge in [0.05, 0.1) is 6.04 Å². The molecule has 1 atom stereocenters. The van der Waals surface area contributed by atoms with Gasteiger partial charge in [0.15, 0.2) is 0 Å². The number of alkyl halides is 3. The predicted molar refractivity (Wildman–Crippen MR) is 46.8 cm³/mol. The first-order valence-electron chi connectivity index (χ1n) is 4.19. The molecule has 0 saturated carbocycles. The van der Waals surface area contributed by atoms with Crippen LogP contribution in [0.1, 0.15) is 18.5 Å². The largest absolute Gasteiger partial charge is 0.471 e. The maximum absolute atomic E-state index is 11.9. The van der Waals surface area contributed by atoms with Gasteiger partial charge >= 0.3 is 12.1 Å². The molecule has 0 saturated heterocycles. The Morgan fingerprint density at radius 3 is 2.40 bits per heavy atom. The minimum absolute atomic E-state index is 0.572. The van der Waals surface area contributed by atoms with Crippen LogP contribution >= 0.6 is 0 Å². The van der Waals surface area contributed by atoms with E-state index in [1.165, 1.54) is 19.3 Å². The van der Waals surface area contributed by atoms with E-state index in [4.69, 9.17) is 0 Å². The fourth-order valence-electron chi connectivity index (χ4n) is 1.01. The van der Waals surface area contributed by atoms with Crippen molar-refractivity contribution in [2.24, 2.45) is 0 Å². The maximum Gasteiger partial charge on any atom is 0.471 e. The molecular formula is C9H9F3N2O. The number of hydrogen-bond acceptors (Lipinski definition) is 2. The predicted octanol–water partition coefficient (Wildman–Crippen LogP) is 1.82. The Morgan fingerprint density at radius 2 is 1.93 bits per heavy atom. The molecule has 1 amide bonds. The number of aromatic nitrogens is 1. The van der Waals surface area contributed by atoms with Crippen molar-refractivity contribution < 1.29 is 18.0 Å². The zero-order valence-electron chi connectivity index (χ0n) is 7.88. The van der Waals surface area contributed by atoms with Crippen LogP contribution in [0.15, 0.2) is 24.5 Å². The number of rotatable bonds is 2. The quantitative estimate of drug-likeness (QED) is 0.822. The molecule has 0 spiro atoms. The van der Waals surface area contributed by atoms with Gasteiger partial charge in [-0.3, -0.25) is 9.78 Å². The van der Waals surface area contributed by atoms with E-state index < -0.39 is 18.1 Å². The Hall–Kier alpha value is -1.59. The second-order valence-corrected chi connectivity index (χ2v) is 2.97. The van der Waals surface area contributed by atoms with Gasteiger partial charge < -0.3 is 5.32 Å². The highest BCUT2D eigenvalue weighted by molar-refractivity contribution is 5.82. The average molecular weight is 218 g/mol. The standard InChI is InChI=1S/C9H9F3N2O/c1-6(7-2-4-13-5-3-7)14-8(15)9(10,11)12/h2-6H,1H3,(H,14,15)/t6-/m1/s1. The SMILES string of the molecule is C[C@@H](NC(=O)C(F)(F)F)c1ccncc1. The van der Waals surface area contributed by atoms with Crippen LogP contribution in [0, 0.1) is 0 Å². The fraction of sp³-hybridized carbons (Fsp3) is 0.333. The van der Waals surface area contributed by atoms with Crippen LogP contribution in [0.3, 0.4) is 0 Å². The molecule has 1 heterocycles.